The highest BCUT2D eigenvalue weighted by Gasteiger charge is 2.29. The van der Waals surface area contributed by atoms with Gasteiger partial charge in [-0.25, -0.2) is 4.79 Å². The molecule has 2 aliphatic carbocycles. The molecule has 43 heavy (non-hydrogen) atoms. The molecule has 0 aromatic heterocycles. The Kier molecular flexibility index (Phi) is 11.8. The molecule has 7 heteroatoms. The van der Waals surface area contributed by atoms with Crippen molar-refractivity contribution in [3.8, 4) is 22.6 Å². The molecule has 0 heterocycles. The van der Waals surface area contributed by atoms with Crippen molar-refractivity contribution in [1.82, 2.24) is 15.5 Å². The van der Waals surface area contributed by atoms with E-state index in [9.17, 15) is 4.79 Å². The lowest BCUT2D eigenvalue weighted by Gasteiger charge is -2.36. The highest BCUT2D eigenvalue weighted by Crippen LogP contribution is 2.32. The number of carbonyl (C=O) groups is 1. The highest BCUT2D eigenvalue weighted by molar-refractivity contribution is 5.68. The molecule has 0 bridgehead atoms. The van der Waals surface area contributed by atoms with Crippen molar-refractivity contribution in [2.75, 3.05) is 21.3 Å². The van der Waals surface area contributed by atoms with E-state index in [2.05, 4.69) is 54.0 Å². The van der Waals surface area contributed by atoms with Crippen molar-refractivity contribution in [3.05, 3.63) is 47.5 Å². The summed E-state index contributed by atoms with van der Waals surface area (Å²) < 4.78 is 17.1. The number of hydrogen-bond donors (Lipinski definition) is 2. The van der Waals surface area contributed by atoms with Crippen molar-refractivity contribution in [2.45, 2.75) is 122 Å². The van der Waals surface area contributed by atoms with Crippen LogP contribution in [0.5, 0.6) is 11.5 Å². The van der Waals surface area contributed by atoms with Crippen LogP contribution in [-0.2, 0) is 17.8 Å². The molecule has 0 atom stereocenters. The van der Waals surface area contributed by atoms with Gasteiger partial charge >= 0.3 is 6.09 Å². The Morgan fingerprint density at radius 3 is 1.67 bits per heavy atom. The predicted octanol–water partition coefficient (Wildman–Crippen LogP) is 7.70. The summed E-state index contributed by atoms with van der Waals surface area (Å²) in [6.07, 6.45) is 10.2. The van der Waals surface area contributed by atoms with Gasteiger partial charge in [-0.15, -0.1) is 0 Å². The van der Waals surface area contributed by atoms with E-state index in [4.69, 9.17) is 14.2 Å². The van der Waals surface area contributed by atoms with Crippen molar-refractivity contribution < 1.29 is 19.0 Å². The zero-order chi connectivity index (χ0) is 31.0. The monoisotopic (exact) mass is 593 g/mol. The van der Waals surface area contributed by atoms with Crippen LogP contribution in [0.4, 0.5) is 4.79 Å². The molecule has 1 amide bonds. The average molecular weight is 594 g/mol. The quantitative estimate of drug-likeness (QED) is 0.278. The van der Waals surface area contributed by atoms with Crippen LogP contribution in [0.1, 0.15) is 96.6 Å². The van der Waals surface area contributed by atoms with Gasteiger partial charge in [0.15, 0.2) is 0 Å². The lowest BCUT2D eigenvalue weighted by molar-refractivity contribution is 0.0179. The Labute approximate surface area is 260 Å². The number of methoxy groups -OCH3 is 2. The van der Waals surface area contributed by atoms with Gasteiger partial charge in [0.2, 0.25) is 0 Å². The van der Waals surface area contributed by atoms with E-state index in [1.54, 1.807) is 19.1 Å². The number of hydrogen-bond acceptors (Lipinski definition) is 6. The fourth-order valence-electron chi connectivity index (χ4n) is 6.63. The summed E-state index contributed by atoms with van der Waals surface area (Å²) in [6, 6.07) is 14.2. The molecular formula is C36H55N3O4. The molecule has 0 radical (unpaired) electrons. The molecule has 0 unspecified atom stereocenters. The maximum atomic E-state index is 12.5. The molecule has 2 aromatic rings. The smallest absolute Gasteiger partial charge is 0.410 e. The molecule has 2 aliphatic rings. The summed E-state index contributed by atoms with van der Waals surface area (Å²) in [7, 11) is 5.35. The van der Waals surface area contributed by atoms with Crippen LogP contribution in [0.2, 0.25) is 0 Å². The molecule has 0 saturated heterocycles. The number of amides is 1. The van der Waals surface area contributed by atoms with Crippen molar-refractivity contribution in [2.24, 2.45) is 5.92 Å². The molecular weight excluding hydrogens is 538 g/mol. The molecule has 2 fully saturated rings. The van der Waals surface area contributed by atoms with Crippen LogP contribution in [-0.4, -0.2) is 56.0 Å². The summed E-state index contributed by atoms with van der Waals surface area (Å²) in [6.45, 7) is 9.59. The zero-order valence-electron chi connectivity index (χ0n) is 27.6. The van der Waals surface area contributed by atoms with Gasteiger partial charge < -0.3 is 29.7 Å². The summed E-state index contributed by atoms with van der Waals surface area (Å²) in [4.78, 5) is 14.3. The summed E-state index contributed by atoms with van der Waals surface area (Å²) in [5.41, 5.74) is 4.22. The summed E-state index contributed by atoms with van der Waals surface area (Å²) in [5.74, 6) is 2.73. The summed E-state index contributed by atoms with van der Waals surface area (Å²) in [5, 5.41) is 7.58. The minimum atomic E-state index is -0.477. The first-order chi connectivity index (χ1) is 20.6. The number of rotatable bonds is 11. The average Bonchev–Trinajstić information content (AvgIpc) is 3.01. The topological polar surface area (TPSA) is 72.1 Å². The van der Waals surface area contributed by atoms with Gasteiger partial charge in [0, 0.05) is 49.4 Å². The fraction of sp³-hybridized carbons (Fsp3) is 0.639. The first kappa shape index (κ1) is 33.1. The lowest BCUT2D eigenvalue weighted by Crippen LogP contribution is -2.44. The van der Waals surface area contributed by atoms with Crippen LogP contribution >= 0.6 is 0 Å². The van der Waals surface area contributed by atoms with Gasteiger partial charge in [-0.3, -0.25) is 0 Å². The minimum Gasteiger partial charge on any atom is -0.496 e. The molecule has 0 spiro atoms. The Hall–Kier alpha value is -2.77. The molecule has 2 saturated carbocycles. The predicted molar refractivity (Wildman–Crippen MR) is 175 cm³/mol. The fourth-order valence-corrected chi connectivity index (χ4v) is 6.63. The van der Waals surface area contributed by atoms with E-state index < -0.39 is 5.60 Å². The van der Waals surface area contributed by atoms with Crippen LogP contribution in [0.3, 0.4) is 0 Å². The van der Waals surface area contributed by atoms with Gasteiger partial charge in [-0.2, -0.15) is 0 Å². The third kappa shape index (κ3) is 9.36. The van der Waals surface area contributed by atoms with Crippen molar-refractivity contribution >= 4 is 6.09 Å². The number of nitrogens with zero attached hydrogens (tertiary/aromatic N) is 1. The van der Waals surface area contributed by atoms with Crippen LogP contribution in [0, 0.1) is 5.92 Å². The second kappa shape index (κ2) is 15.3. The van der Waals surface area contributed by atoms with Gasteiger partial charge in [0.1, 0.15) is 17.1 Å². The molecule has 7 nitrogen and oxygen atoms in total. The maximum absolute atomic E-state index is 12.5. The van der Waals surface area contributed by atoms with Gasteiger partial charge in [-0.05, 0) is 113 Å². The Balaban J connectivity index is 1.36. The molecule has 238 valence electrons. The molecule has 2 N–H and O–H groups in total. The van der Waals surface area contributed by atoms with Crippen LogP contribution < -0.4 is 20.1 Å². The van der Waals surface area contributed by atoms with Gasteiger partial charge in [-0.1, -0.05) is 25.5 Å². The lowest BCUT2D eigenvalue weighted by atomic mass is 9.84. The third-order valence-electron chi connectivity index (χ3n) is 9.41. The maximum Gasteiger partial charge on any atom is 0.410 e. The number of benzene rings is 2. The first-order valence-electron chi connectivity index (χ1n) is 16.4. The van der Waals surface area contributed by atoms with Crippen molar-refractivity contribution in [3.63, 3.8) is 0 Å². The van der Waals surface area contributed by atoms with Gasteiger partial charge in [0.05, 0.1) is 14.2 Å². The molecule has 4 rings (SSSR count). The first-order valence-corrected chi connectivity index (χ1v) is 16.4. The molecule has 0 aliphatic heterocycles. The Morgan fingerprint density at radius 2 is 1.26 bits per heavy atom. The van der Waals surface area contributed by atoms with Gasteiger partial charge in [0.25, 0.3) is 0 Å². The Morgan fingerprint density at radius 1 is 0.791 bits per heavy atom. The second-order valence-electron chi connectivity index (χ2n) is 13.5. The van der Waals surface area contributed by atoms with E-state index in [0.717, 1.165) is 61.8 Å². The number of ether oxygens (including phenoxy) is 3. The normalized spacial score (nSPS) is 22.6. The number of nitrogens with one attached hydrogen (secondary N) is 2. The van der Waals surface area contributed by atoms with E-state index in [1.165, 1.54) is 48.8 Å². The third-order valence-corrected chi connectivity index (χ3v) is 9.41. The van der Waals surface area contributed by atoms with E-state index in [1.807, 2.05) is 27.8 Å². The van der Waals surface area contributed by atoms with E-state index in [0.29, 0.717) is 12.1 Å². The number of carbonyl (C=O) groups excluding carboxylic acids is 1. The SMILES string of the molecule is CCC1CCC(NCc2cc(-c3ccc(OC)c(CNC4CCC(N(C)C(=O)OC(C)(C)C)CC4)c3)ccc2OC)CC1. The second-order valence-corrected chi connectivity index (χ2v) is 13.5. The van der Waals surface area contributed by atoms with Crippen LogP contribution in [0.15, 0.2) is 36.4 Å². The van der Waals surface area contributed by atoms with E-state index in [-0.39, 0.29) is 12.1 Å². The van der Waals surface area contributed by atoms with Crippen LogP contribution in [0.25, 0.3) is 11.1 Å². The molecule has 2 aromatic carbocycles. The Bertz CT molecular complexity index is 1180. The van der Waals surface area contributed by atoms with E-state index >= 15 is 0 Å². The largest absolute Gasteiger partial charge is 0.496 e. The van der Waals surface area contributed by atoms with Crippen molar-refractivity contribution in [1.29, 1.82) is 0 Å². The zero-order valence-corrected chi connectivity index (χ0v) is 27.6. The minimum absolute atomic E-state index is 0.218. The summed E-state index contributed by atoms with van der Waals surface area (Å²) >= 11 is 0. The highest BCUT2D eigenvalue weighted by atomic mass is 16.6. The standard InChI is InChI=1S/C36H55N3O4/c1-8-25-9-13-30(14-10-25)37-23-28-21-26(11-19-33(28)41-6)27-12-20-34(42-7)29(22-27)24-38-31-15-17-32(18-16-31)39(5)35(40)43-36(2,3)4/h11-12,19-22,25,30-32,37-38H,8-10,13-18,23-24H2,1-7H3.